The standard InChI is InChI=1S/C5H10OSSi/c1-2-3-4(8)5(6)7/h3H,2H2,1,8H3,(H,6,7). The third kappa shape index (κ3) is 2.93. The van der Waals surface area contributed by atoms with E-state index in [1.165, 1.54) is 0 Å². The molecule has 0 aliphatic rings. The van der Waals surface area contributed by atoms with Crippen LogP contribution in [0.15, 0.2) is 11.3 Å². The van der Waals surface area contributed by atoms with Gasteiger partial charge < -0.3 is 5.11 Å². The van der Waals surface area contributed by atoms with E-state index in [0.717, 1.165) is 21.9 Å². The summed E-state index contributed by atoms with van der Waals surface area (Å²) in [4.78, 5) is 0. The summed E-state index contributed by atoms with van der Waals surface area (Å²) in [6.07, 6.45) is 2.91. The highest BCUT2D eigenvalue weighted by molar-refractivity contribution is 7.80. The Balaban J connectivity index is 3.80. The highest BCUT2D eigenvalue weighted by atomic mass is 32.1. The summed E-state index contributed by atoms with van der Waals surface area (Å²) in [6, 6.07) is 0. The maximum atomic E-state index is 8.65. The van der Waals surface area contributed by atoms with Gasteiger partial charge in [0.2, 0.25) is 0 Å². The average molecular weight is 146 g/mol. The van der Waals surface area contributed by atoms with Gasteiger partial charge in [-0.05, 0) is 23.8 Å². The Morgan fingerprint density at radius 3 is 2.50 bits per heavy atom. The van der Waals surface area contributed by atoms with Gasteiger partial charge in [-0.15, -0.1) is 0 Å². The normalized spacial score (nSPS) is 11.9. The minimum Gasteiger partial charge on any atom is -0.499 e. The van der Waals surface area contributed by atoms with Crippen LogP contribution in [0.5, 0.6) is 0 Å². The zero-order valence-corrected chi connectivity index (χ0v) is 7.96. The van der Waals surface area contributed by atoms with Crippen LogP contribution in [0.3, 0.4) is 0 Å². The molecular weight excluding hydrogens is 136 g/mol. The minimum atomic E-state index is 0.0681. The molecule has 0 aliphatic carbocycles. The maximum Gasteiger partial charge on any atom is 0.178 e. The Kier molecular flexibility index (Phi) is 3.73. The lowest BCUT2D eigenvalue weighted by Crippen LogP contribution is -1.95. The van der Waals surface area contributed by atoms with E-state index >= 15 is 0 Å². The number of rotatable bonds is 2. The summed E-state index contributed by atoms with van der Waals surface area (Å²) in [5.74, 6) is 0. The molecule has 46 valence electrons. The first-order valence-electron chi connectivity index (χ1n) is 2.58. The maximum absolute atomic E-state index is 8.65. The monoisotopic (exact) mass is 146 g/mol. The molecule has 0 saturated carbocycles. The Bertz CT molecular complexity index is 120. The zero-order chi connectivity index (χ0) is 6.57. The number of hydrogen-bond donors (Lipinski definition) is 1. The van der Waals surface area contributed by atoms with E-state index in [1.54, 1.807) is 0 Å². The molecule has 0 radical (unpaired) electrons. The van der Waals surface area contributed by atoms with Crippen molar-refractivity contribution in [1.82, 2.24) is 0 Å². The van der Waals surface area contributed by atoms with Crippen LogP contribution in [0.25, 0.3) is 0 Å². The van der Waals surface area contributed by atoms with Gasteiger partial charge in [0, 0.05) is 10.2 Å². The van der Waals surface area contributed by atoms with Crippen molar-refractivity contribution < 1.29 is 5.11 Å². The van der Waals surface area contributed by atoms with Crippen LogP contribution in [0.1, 0.15) is 13.3 Å². The van der Waals surface area contributed by atoms with Crippen molar-refractivity contribution in [1.29, 1.82) is 0 Å². The lowest BCUT2D eigenvalue weighted by molar-refractivity contribution is 0.572. The third-order valence-electron chi connectivity index (χ3n) is 0.848. The average Bonchev–Trinajstić information content (AvgIpc) is 1.67. The van der Waals surface area contributed by atoms with Crippen LogP contribution in [-0.2, 0) is 0 Å². The quantitative estimate of drug-likeness (QED) is 0.348. The molecule has 0 atom stereocenters. The highest BCUT2D eigenvalue weighted by Crippen LogP contribution is 1.91. The van der Waals surface area contributed by atoms with Crippen LogP contribution in [0.4, 0.5) is 0 Å². The molecule has 0 saturated heterocycles. The predicted octanol–water partition coefficient (Wildman–Crippen LogP) is 0.531. The molecule has 0 aromatic carbocycles. The van der Waals surface area contributed by atoms with E-state index in [0.29, 0.717) is 0 Å². The number of thiocarbonyl (C=S) groups is 1. The first kappa shape index (κ1) is 7.85. The molecule has 8 heavy (non-hydrogen) atoms. The fourth-order valence-electron chi connectivity index (χ4n) is 0.393. The van der Waals surface area contributed by atoms with E-state index < -0.39 is 0 Å². The molecule has 0 heterocycles. The Morgan fingerprint density at radius 1 is 1.88 bits per heavy atom. The van der Waals surface area contributed by atoms with Crippen LogP contribution >= 0.6 is 12.2 Å². The minimum absolute atomic E-state index is 0.0681. The van der Waals surface area contributed by atoms with Gasteiger partial charge in [-0.2, -0.15) is 0 Å². The van der Waals surface area contributed by atoms with Crippen molar-refractivity contribution in [2.24, 2.45) is 0 Å². The second-order valence-electron chi connectivity index (χ2n) is 1.60. The number of hydrogen-bond acceptors (Lipinski definition) is 1. The van der Waals surface area contributed by atoms with Crippen LogP contribution in [0.2, 0.25) is 0 Å². The summed E-state index contributed by atoms with van der Waals surface area (Å²) in [7, 11) is 0.853. The largest absolute Gasteiger partial charge is 0.499 e. The summed E-state index contributed by atoms with van der Waals surface area (Å²) in [5.41, 5.74) is 0. The molecule has 0 aliphatic heterocycles. The van der Waals surface area contributed by atoms with Gasteiger partial charge in [-0.3, -0.25) is 0 Å². The summed E-state index contributed by atoms with van der Waals surface area (Å²) in [6.45, 7) is 2.02. The van der Waals surface area contributed by atoms with Crippen molar-refractivity contribution in [3.05, 3.63) is 11.3 Å². The topological polar surface area (TPSA) is 20.2 Å². The van der Waals surface area contributed by atoms with Gasteiger partial charge in [0.1, 0.15) is 0 Å². The molecular formula is C5H10OSSi. The van der Waals surface area contributed by atoms with E-state index in [4.69, 9.17) is 5.11 Å². The van der Waals surface area contributed by atoms with Crippen LogP contribution in [0, 0.1) is 0 Å². The van der Waals surface area contributed by atoms with Gasteiger partial charge in [-0.1, -0.05) is 13.0 Å². The van der Waals surface area contributed by atoms with Gasteiger partial charge in [-0.25, -0.2) is 0 Å². The highest BCUT2D eigenvalue weighted by Gasteiger charge is 1.89. The molecule has 1 nitrogen and oxygen atoms in total. The van der Waals surface area contributed by atoms with Crippen molar-refractivity contribution in [2.75, 3.05) is 0 Å². The van der Waals surface area contributed by atoms with Gasteiger partial charge >= 0.3 is 0 Å². The summed E-state index contributed by atoms with van der Waals surface area (Å²) < 4.78 is 0. The van der Waals surface area contributed by atoms with E-state index in [-0.39, 0.29) is 5.05 Å². The molecule has 0 spiro atoms. The molecule has 0 unspecified atom stereocenters. The summed E-state index contributed by atoms with van der Waals surface area (Å²) in [5, 5.41) is 9.65. The predicted molar refractivity (Wildman–Crippen MR) is 43.5 cm³/mol. The van der Waals surface area contributed by atoms with E-state index in [1.807, 2.05) is 13.0 Å². The van der Waals surface area contributed by atoms with Gasteiger partial charge in [0.05, 0.1) is 0 Å². The second kappa shape index (κ2) is 3.80. The van der Waals surface area contributed by atoms with Crippen molar-refractivity contribution in [2.45, 2.75) is 13.3 Å². The SMILES string of the molecule is CCC=C([SiH3])C(O)=S. The van der Waals surface area contributed by atoms with Crippen LogP contribution in [-0.4, -0.2) is 20.4 Å². The van der Waals surface area contributed by atoms with Crippen molar-refractivity contribution >= 4 is 27.5 Å². The molecule has 0 fully saturated rings. The van der Waals surface area contributed by atoms with Gasteiger partial charge in [0.15, 0.2) is 5.05 Å². The lowest BCUT2D eigenvalue weighted by atomic mass is 10.4. The number of allylic oxidation sites excluding steroid dienone is 1. The first-order chi connectivity index (χ1) is 3.68. The third-order valence-corrected chi connectivity index (χ3v) is 2.41. The Labute approximate surface area is 57.8 Å². The van der Waals surface area contributed by atoms with Crippen LogP contribution < -0.4 is 0 Å². The number of aliphatic hydroxyl groups excluding tert-OH is 1. The molecule has 3 heteroatoms. The second-order valence-corrected chi connectivity index (χ2v) is 3.06. The molecule has 0 aromatic rings. The zero-order valence-electron chi connectivity index (χ0n) is 5.14. The molecule has 0 rings (SSSR count). The molecule has 0 aromatic heterocycles. The molecule has 0 bridgehead atoms. The van der Waals surface area contributed by atoms with E-state index in [2.05, 4.69) is 12.2 Å². The van der Waals surface area contributed by atoms with Crippen molar-refractivity contribution in [3.63, 3.8) is 0 Å². The van der Waals surface area contributed by atoms with E-state index in [9.17, 15) is 0 Å². The first-order valence-corrected chi connectivity index (χ1v) is 3.99. The Morgan fingerprint density at radius 2 is 2.38 bits per heavy atom. The fraction of sp³-hybridized carbons (Fsp3) is 0.400. The smallest absolute Gasteiger partial charge is 0.178 e. The Hall–Kier alpha value is -0.153. The molecule has 0 amide bonds. The lowest BCUT2D eigenvalue weighted by Gasteiger charge is -1.91. The summed E-state index contributed by atoms with van der Waals surface area (Å²) >= 11 is 4.51. The van der Waals surface area contributed by atoms with Crippen molar-refractivity contribution in [3.8, 4) is 0 Å². The van der Waals surface area contributed by atoms with Gasteiger partial charge in [0.25, 0.3) is 0 Å². The fourth-order valence-corrected chi connectivity index (χ4v) is 0.885. The molecule has 1 N–H and O–H groups in total. The number of aliphatic hydroxyl groups is 1.